The van der Waals surface area contributed by atoms with Crippen molar-refractivity contribution in [1.29, 1.82) is 0 Å². The first kappa shape index (κ1) is 23.1. The van der Waals surface area contributed by atoms with Crippen molar-refractivity contribution in [2.75, 3.05) is 12.0 Å². The number of fused-ring (bicyclic) bond motifs is 1. The molecule has 1 aliphatic rings. The van der Waals surface area contributed by atoms with Gasteiger partial charge in [0.1, 0.15) is 17.2 Å². The van der Waals surface area contributed by atoms with Gasteiger partial charge in [-0.05, 0) is 23.1 Å². The lowest BCUT2D eigenvalue weighted by Gasteiger charge is -2.26. The number of phenols is 1. The molecule has 12 heteroatoms. The van der Waals surface area contributed by atoms with Crippen molar-refractivity contribution < 1.29 is 47.2 Å². The molecular formula is C22H14F3NO7S. The lowest BCUT2D eigenvalue weighted by Crippen LogP contribution is -2.43. The fourth-order valence-corrected chi connectivity index (χ4v) is 4.36. The van der Waals surface area contributed by atoms with Gasteiger partial charge in [0.15, 0.2) is 29.0 Å². The van der Waals surface area contributed by atoms with E-state index in [1.807, 2.05) is 0 Å². The molecule has 34 heavy (non-hydrogen) atoms. The van der Waals surface area contributed by atoms with E-state index in [1.54, 1.807) is 0 Å². The Morgan fingerprint density at radius 3 is 2.56 bits per heavy atom. The fourth-order valence-electron chi connectivity index (χ4n) is 3.46. The van der Waals surface area contributed by atoms with E-state index in [9.17, 15) is 37.8 Å². The Labute approximate surface area is 193 Å². The van der Waals surface area contributed by atoms with Gasteiger partial charge < -0.3 is 19.7 Å². The number of nitrogens with zero attached hydrogens (tertiary/aromatic N) is 1. The van der Waals surface area contributed by atoms with E-state index in [0.717, 1.165) is 35.6 Å². The summed E-state index contributed by atoms with van der Waals surface area (Å²) in [6.07, 6.45) is -0.338. The first-order valence-electron chi connectivity index (χ1n) is 9.51. The van der Waals surface area contributed by atoms with Crippen LogP contribution >= 0.6 is 11.3 Å². The van der Waals surface area contributed by atoms with Crippen LogP contribution in [0.15, 0.2) is 29.6 Å². The third kappa shape index (κ3) is 3.81. The number of hydrogen-bond donors (Lipinski definition) is 2. The molecule has 2 heterocycles. The van der Waals surface area contributed by atoms with Gasteiger partial charge in [0.05, 0.1) is 30.3 Å². The number of aromatic carboxylic acids is 1. The van der Waals surface area contributed by atoms with E-state index in [1.165, 1.54) is 12.5 Å². The van der Waals surface area contributed by atoms with Crippen LogP contribution in [-0.2, 0) is 17.8 Å². The number of anilines is 1. The summed E-state index contributed by atoms with van der Waals surface area (Å²) in [4.78, 5) is 37.4. The minimum absolute atomic E-state index is 0.197. The highest BCUT2D eigenvalue weighted by atomic mass is 32.1. The van der Waals surface area contributed by atoms with Gasteiger partial charge in [-0.1, -0.05) is 0 Å². The summed E-state index contributed by atoms with van der Waals surface area (Å²) in [5.41, 5.74) is -1.08. The van der Waals surface area contributed by atoms with Crippen LogP contribution in [-0.4, -0.2) is 35.1 Å². The molecule has 1 aromatic heterocycles. The third-order valence-corrected chi connectivity index (χ3v) is 6.10. The molecule has 0 saturated carbocycles. The Bertz CT molecular complexity index is 1350. The highest BCUT2D eigenvalue weighted by Crippen LogP contribution is 2.39. The number of methoxy groups -OCH3 is 1. The predicted molar refractivity (Wildman–Crippen MR) is 112 cm³/mol. The van der Waals surface area contributed by atoms with Crippen LogP contribution in [0.2, 0.25) is 0 Å². The number of carbonyl (C=O) groups is 3. The van der Waals surface area contributed by atoms with E-state index in [-0.39, 0.29) is 33.9 Å². The number of carboxylic acids is 1. The predicted octanol–water partition coefficient (Wildman–Crippen LogP) is 3.89. The van der Waals surface area contributed by atoms with Crippen molar-refractivity contribution in [2.45, 2.75) is 13.0 Å². The molecule has 0 fully saturated rings. The first-order chi connectivity index (χ1) is 16.1. The smallest absolute Gasteiger partial charge is 0.346 e. The zero-order valence-corrected chi connectivity index (χ0v) is 18.0. The van der Waals surface area contributed by atoms with Gasteiger partial charge in [0, 0.05) is 12.1 Å². The van der Waals surface area contributed by atoms with E-state index in [4.69, 9.17) is 9.47 Å². The van der Waals surface area contributed by atoms with Gasteiger partial charge in [-0.25, -0.2) is 22.9 Å². The summed E-state index contributed by atoms with van der Waals surface area (Å²) in [7, 11) is 1.18. The van der Waals surface area contributed by atoms with Crippen molar-refractivity contribution in [2.24, 2.45) is 0 Å². The lowest BCUT2D eigenvalue weighted by atomic mass is 10.0. The largest absolute Gasteiger partial charge is 0.507 e. The number of imide groups is 1. The molecule has 4 rings (SSSR count). The van der Waals surface area contributed by atoms with E-state index >= 15 is 0 Å². The van der Waals surface area contributed by atoms with Crippen LogP contribution in [0.1, 0.15) is 31.2 Å². The molecule has 0 aliphatic carbocycles. The second kappa shape index (κ2) is 8.71. The zero-order valence-electron chi connectivity index (χ0n) is 17.2. The second-order valence-corrected chi connectivity index (χ2v) is 7.96. The molecule has 176 valence electrons. The zero-order chi connectivity index (χ0) is 24.7. The molecule has 0 atom stereocenters. The topological polar surface area (TPSA) is 113 Å². The summed E-state index contributed by atoms with van der Waals surface area (Å²) in [5, 5.41) is 20.5. The summed E-state index contributed by atoms with van der Waals surface area (Å²) < 4.78 is 52.9. The highest BCUT2D eigenvalue weighted by molar-refractivity contribution is 7.12. The number of phenolic OH excluding ortho intramolecular Hbond substituents is 1. The van der Waals surface area contributed by atoms with Gasteiger partial charge in [0.25, 0.3) is 5.91 Å². The maximum atomic E-state index is 14.9. The molecular weight excluding hydrogens is 479 g/mol. The maximum Gasteiger partial charge on any atom is 0.346 e. The van der Waals surface area contributed by atoms with Crippen LogP contribution in [0.25, 0.3) is 0 Å². The fraction of sp³-hybridized carbons (Fsp3) is 0.136. The number of thiophene rings is 1. The van der Waals surface area contributed by atoms with Crippen molar-refractivity contribution >= 4 is 34.8 Å². The standard InChI is InChI=1S/C22H14F3NO7S/c1-32-15-5-12(24)13(6-16(15)33-7-10-14(27)3-2-11(23)19(10)25)26-17(28)4-9-8-34-20(22(30)31)18(9)21(26)29/h2-3,5-6,8,27H,4,7H2,1H3,(H,30,31). The molecule has 0 radical (unpaired) electrons. The van der Waals surface area contributed by atoms with Crippen LogP contribution in [0.5, 0.6) is 17.2 Å². The van der Waals surface area contributed by atoms with Crippen LogP contribution < -0.4 is 14.4 Å². The van der Waals surface area contributed by atoms with Crippen molar-refractivity contribution in [3.8, 4) is 17.2 Å². The Balaban J connectivity index is 1.74. The SMILES string of the molecule is COc1cc(F)c(N2C(=O)Cc3csc(C(=O)O)c3C2=O)cc1OCc1c(O)ccc(F)c1F. The van der Waals surface area contributed by atoms with Gasteiger partial charge >= 0.3 is 5.97 Å². The van der Waals surface area contributed by atoms with Gasteiger partial charge in [-0.2, -0.15) is 0 Å². The average molecular weight is 493 g/mol. The quantitative estimate of drug-likeness (QED) is 0.501. The number of ether oxygens (including phenoxy) is 2. The third-order valence-electron chi connectivity index (χ3n) is 5.09. The van der Waals surface area contributed by atoms with Crippen molar-refractivity contribution in [3.05, 3.63) is 68.7 Å². The Kier molecular flexibility index (Phi) is 5.92. The lowest BCUT2D eigenvalue weighted by molar-refractivity contribution is -0.117. The van der Waals surface area contributed by atoms with E-state index < -0.39 is 58.8 Å². The van der Waals surface area contributed by atoms with Gasteiger partial charge in [-0.15, -0.1) is 11.3 Å². The summed E-state index contributed by atoms with van der Waals surface area (Å²) in [5.74, 6) is -7.89. The Morgan fingerprint density at radius 1 is 1.15 bits per heavy atom. The number of rotatable bonds is 6. The molecule has 0 unspecified atom stereocenters. The Morgan fingerprint density at radius 2 is 1.88 bits per heavy atom. The highest BCUT2D eigenvalue weighted by Gasteiger charge is 2.38. The van der Waals surface area contributed by atoms with Crippen LogP contribution in [0, 0.1) is 17.5 Å². The molecule has 1 aliphatic heterocycles. The molecule has 2 N–H and O–H groups in total. The maximum absolute atomic E-state index is 14.9. The number of benzene rings is 2. The van der Waals surface area contributed by atoms with Gasteiger partial charge in [0.2, 0.25) is 5.91 Å². The number of halogens is 3. The van der Waals surface area contributed by atoms with Gasteiger partial charge in [-0.3, -0.25) is 9.59 Å². The van der Waals surface area contributed by atoms with E-state index in [0.29, 0.717) is 4.90 Å². The number of amides is 2. The van der Waals surface area contributed by atoms with Crippen LogP contribution in [0.3, 0.4) is 0 Å². The molecule has 2 aromatic carbocycles. The summed E-state index contributed by atoms with van der Waals surface area (Å²) in [6.45, 7) is -0.698. The number of aromatic hydroxyl groups is 1. The Hall–Kier alpha value is -4.06. The molecule has 3 aromatic rings. The monoisotopic (exact) mass is 493 g/mol. The second-order valence-electron chi connectivity index (χ2n) is 7.08. The minimum atomic E-state index is -1.37. The summed E-state index contributed by atoms with van der Waals surface area (Å²) >= 11 is 0.772. The molecule has 0 bridgehead atoms. The number of carboxylic acid groups (broad SMARTS) is 1. The molecule has 8 nitrogen and oxygen atoms in total. The minimum Gasteiger partial charge on any atom is -0.507 e. The molecule has 0 saturated heterocycles. The van der Waals surface area contributed by atoms with Crippen LogP contribution in [0.4, 0.5) is 18.9 Å². The van der Waals surface area contributed by atoms with Crippen molar-refractivity contribution in [3.63, 3.8) is 0 Å². The summed E-state index contributed by atoms with van der Waals surface area (Å²) in [6, 6.07) is 3.40. The number of carbonyl (C=O) groups excluding carboxylic acids is 2. The van der Waals surface area contributed by atoms with E-state index in [2.05, 4.69) is 0 Å². The van der Waals surface area contributed by atoms with Crippen molar-refractivity contribution in [1.82, 2.24) is 0 Å². The average Bonchev–Trinajstić information content (AvgIpc) is 3.22. The normalized spacial score (nSPS) is 13.1. The first-order valence-corrected chi connectivity index (χ1v) is 10.4. The molecule has 2 amide bonds. The number of hydrogen-bond acceptors (Lipinski definition) is 7. The molecule has 0 spiro atoms.